The van der Waals surface area contributed by atoms with Gasteiger partial charge in [0.25, 0.3) is 0 Å². The van der Waals surface area contributed by atoms with Gasteiger partial charge >= 0.3 is 12.4 Å². The summed E-state index contributed by atoms with van der Waals surface area (Å²) >= 11 is 0. The minimum atomic E-state index is -4.35. The molecule has 0 aliphatic carbocycles. The first-order valence-corrected chi connectivity index (χ1v) is 22.8. The molecule has 0 unspecified atom stereocenters. The Morgan fingerprint density at radius 1 is 0.616 bits per heavy atom. The lowest BCUT2D eigenvalue weighted by molar-refractivity contribution is -0.132. The predicted octanol–water partition coefficient (Wildman–Crippen LogP) is 14.2. The third-order valence-electron chi connectivity index (χ3n) is 11.5. The lowest BCUT2D eigenvalue weighted by Gasteiger charge is -2.15. The quantitative estimate of drug-likeness (QED) is 0.0596. The average Bonchev–Trinajstić information content (AvgIpc) is 3.97. The number of aromatic nitrogens is 4. The van der Waals surface area contributed by atoms with Gasteiger partial charge < -0.3 is 30.0 Å². The fourth-order valence-corrected chi connectivity index (χ4v) is 7.86. The second-order valence-electron chi connectivity index (χ2n) is 16.6. The number of aryl methyl sites for hydroxylation is 2. The van der Waals surface area contributed by atoms with Crippen molar-refractivity contribution in [2.24, 2.45) is 0 Å². The molecular formula is C53H48F8N6O6. The highest BCUT2D eigenvalue weighted by Crippen LogP contribution is 2.39. The van der Waals surface area contributed by atoms with E-state index in [0.29, 0.717) is 63.1 Å². The minimum absolute atomic E-state index is 0.0104. The zero-order chi connectivity index (χ0) is 52.8. The fraction of sp³-hybridized carbons (Fsp3) is 0.245. The Hall–Kier alpha value is -8.16. The SMILES string of the molecule is CCC(=O)c1ccc(-n2cnc3c(NCCC(F)(F)F)cc(Oc4cccc(F)c4O)cc32)cc1C.CCC(=O)c1ccc(-n2cnc3c(NCCC(F)(F)F)cc(Oc4cccc(F)c4OC)cc32)cc1C. The van der Waals surface area contributed by atoms with Gasteiger partial charge in [0.05, 0.1) is 42.4 Å². The molecule has 0 aliphatic heterocycles. The van der Waals surface area contributed by atoms with E-state index < -0.39 is 49.1 Å². The molecule has 6 aromatic carbocycles. The molecule has 3 N–H and O–H groups in total. The molecule has 0 atom stereocenters. The van der Waals surface area contributed by atoms with E-state index >= 15 is 0 Å². The number of fused-ring (bicyclic) bond motifs is 2. The number of halogens is 8. The monoisotopic (exact) mass is 1020 g/mol. The minimum Gasteiger partial charge on any atom is -0.502 e. The number of hydrogen-bond acceptors (Lipinski definition) is 10. The van der Waals surface area contributed by atoms with Crippen LogP contribution in [-0.2, 0) is 0 Å². The van der Waals surface area contributed by atoms with Gasteiger partial charge in [-0.15, -0.1) is 0 Å². The number of carbonyl (C=O) groups is 2. The predicted molar refractivity (Wildman–Crippen MR) is 260 cm³/mol. The van der Waals surface area contributed by atoms with Crippen LogP contribution in [0, 0.1) is 25.5 Å². The smallest absolute Gasteiger partial charge is 0.390 e. The van der Waals surface area contributed by atoms with Crippen LogP contribution in [0.2, 0.25) is 0 Å². The highest BCUT2D eigenvalue weighted by molar-refractivity contribution is 5.98. The number of anilines is 2. The van der Waals surface area contributed by atoms with Crippen molar-refractivity contribution < 1.29 is 64.0 Å². The van der Waals surface area contributed by atoms with Crippen LogP contribution in [0.5, 0.6) is 34.5 Å². The Morgan fingerprint density at radius 3 is 1.48 bits per heavy atom. The van der Waals surface area contributed by atoms with Gasteiger partial charge in [-0.05, 0) is 85.6 Å². The van der Waals surface area contributed by atoms with Crippen molar-refractivity contribution in [2.45, 2.75) is 65.7 Å². The van der Waals surface area contributed by atoms with Crippen molar-refractivity contribution in [3.05, 3.63) is 144 Å². The van der Waals surface area contributed by atoms with Crippen molar-refractivity contribution in [1.82, 2.24) is 19.1 Å². The van der Waals surface area contributed by atoms with Gasteiger partial charge in [-0.1, -0.05) is 26.0 Å². The van der Waals surface area contributed by atoms with Crippen molar-refractivity contribution in [1.29, 1.82) is 0 Å². The number of para-hydroxylation sites is 2. The van der Waals surface area contributed by atoms with Crippen LogP contribution in [0.3, 0.4) is 0 Å². The molecule has 8 aromatic rings. The molecule has 382 valence electrons. The first-order chi connectivity index (χ1) is 34.7. The lowest BCUT2D eigenvalue weighted by Crippen LogP contribution is -2.14. The van der Waals surface area contributed by atoms with Crippen molar-refractivity contribution in [2.75, 3.05) is 30.8 Å². The molecule has 0 saturated carbocycles. The molecular weight excluding hydrogens is 969 g/mol. The Morgan fingerprint density at radius 2 is 1.05 bits per heavy atom. The van der Waals surface area contributed by atoms with Gasteiger partial charge in [0.15, 0.2) is 46.2 Å². The Bertz CT molecular complexity index is 3310. The van der Waals surface area contributed by atoms with Gasteiger partial charge in [-0.3, -0.25) is 18.7 Å². The molecule has 2 aromatic heterocycles. The number of phenolic OH excluding ortho intramolecular Hbond substituents is 1. The van der Waals surface area contributed by atoms with Crippen LogP contribution >= 0.6 is 0 Å². The third kappa shape index (κ3) is 12.5. The van der Waals surface area contributed by atoms with Gasteiger partial charge in [0.1, 0.15) is 35.2 Å². The second-order valence-corrected chi connectivity index (χ2v) is 16.6. The number of nitrogens with zero attached hydrogens (tertiary/aromatic N) is 4. The zero-order valence-electron chi connectivity index (χ0n) is 39.9. The van der Waals surface area contributed by atoms with Crippen molar-refractivity contribution >= 4 is 45.0 Å². The molecule has 0 aliphatic rings. The van der Waals surface area contributed by atoms with E-state index in [4.69, 9.17) is 14.2 Å². The number of phenols is 1. The third-order valence-corrected chi connectivity index (χ3v) is 11.5. The summed E-state index contributed by atoms with van der Waals surface area (Å²) in [6, 6.07) is 24.8. The summed E-state index contributed by atoms with van der Waals surface area (Å²) in [6.07, 6.45) is -6.96. The number of benzene rings is 6. The van der Waals surface area contributed by atoms with Crippen LogP contribution in [0.4, 0.5) is 46.5 Å². The Kier molecular flexibility index (Phi) is 15.9. The van der Waals surface area contributed by atoms with E-state index in [1.165, 1.54) is 55.9 Å². The van der Waals surface area contributed by atoms with Gasteiger partial charge in [0, 0.05) is 72.7 Å². The van der Waals surface area contributed by atoms with E-state index in [9.17, 15) is 49.8 Å². The Balaban J connectivity index is 0.000000214. The molecule has 20 heteroatoms. The number of Topliss-reactive ketones (excluding diaryl/α,β-unsaturated/α-hetero) is 2. The first-order valence-electron chi connectivity index (χ1n) is 22.8. The lowest BCUT2D eigenvalue weighted by atomic mass is 10.0. The number of aromatic hydroxyl groups is 1. The summed E-state index contributed by atoms with van der Waals surface area (Å²) in [6.45, 7) is 6.46. The summed E-state index contributed by atoms with van der Waals surface area (Å²) in [7, 11) is 1.31. The van der Waals surface area contributed by atoms with Crippen molar-refractivity contribution in [3.8, 4) is 45.9 Å². The molecule has 0 saturated heterocycles. The maximum Gasteiger partial charge on any atom is 0.390 e. The van der Waals surface area contributed by atoms with E-state index in [0.717, 1.165) is 17.2 Å². The van der Waals surface area contributed by atoms with Crippen LogP contribution in [0.15, 0.2) is 110 Å². The van der Waals surface area contributed by atoms with Gasteiger partial charge in [0.2, 0.25) is 0 Å². The topological polar surface area (TPSA) is 142 Å². The average molecular weight is 1020 g/mol. The van der Waals surface area contributed by atoms with E-state index in [2.05, 4.69) is 20.6 Å². The maximum atomic E-state index is 14.2. The second kappa shape index (κ2) is 22.1. The molecule has 0 radical (unpaired) electrons. The standard InChI is InChI=1S/C27H25F4N3O3.C26H23F4N3O3/c1-4-23(35)19-9-8-17(12-16(19)2)34-15-33-25-21(32-11-10-27(29,30)31)13-18(14-22(25)34)37-24-7-5-6-20(28)26(24)36-3;1-3-22(34)18-8-7-16(11-15(18)2)33-14-32-24-20(31-10-9-26(28,29)30)12-17(13-21(24)33)36-23-6-4-5-19(27)25(23)35/h5-9,12-15,32H,4,10-11H2,1-3H3;4-8,11-14,31,35H,3,9-10H2,1-2H3. The van der Waals surface area contributed by atoms with Crippen LogP contribution < -0.4 is 24.8 Å². The number of hydrogen-bond donors (Lipinski definition) is 3. The molecule has 0 bridgehead atoms. The highest BCUT2D eigenvalue weighted by atomic mass is 19.4. The van der Waals surface area contributed by atoms with Crippen LogP contribution in [0.25, 0.3) is 33.4 Å². The van der Waals surface area contributed by atoms with E-state index in [-0.39, 0.29) is 52.5 Å². The normalized spacial score (nSPS) is 11.6. The van der Waals surface area contributed by atoms with Gasteiger partial charge in [-0.25, -0.2) is 18.7 Å². The maximum absolute atomic E-state index is 14.2. The summed E-state index contributed by atoms with van der Waals surface area (Å²) < 4.78 is 125. The molecule has 12 nitrogen and oxygen atoms in total. The summed E-state index contributed by atoms with van der Waals surface area (Å²) in [5.41, 5.74) is 6.58. The zero-order valence-corrected chi connectivity index (χ0v) is 39.9. The number of ether oxygens (including phenoxy) is 3. The molecule has 0 amide bonds. The van der Waals surface area contributed by atoms with Crippen LogP contribution in [0.1, 0.15) is 71.4 Å². The fourth-order valence-electron chi connectivity index (χ4n) is 7.86. The first kappa shape index (κ1) is 52.7. The van der Waals surface area contributed by atoms with Gasteiger partial charge in [-0.2, -0.15) is 26.3 Å². The van der Waals surface area contributed by atoms with Crippen molar-refractivity contribution in [3.63, 3.8) is 0 Å². The molecule has 0 fully saturated rings. The number of nitrogens with one attached hydrogen (secondary N) is 2. The molecule has 73 heavy (non-hydrogen) atoms. The summed E-state index contributed by atoms with van der Waals surface area (Å²) in [5.74, 6) is -1.92. The van der Waals surface area contributed by atoms with E-state index in [1.54, 1.807) is 65.7 Å². The number of rotatable bonds is 17. The number of alkyl halides is 6. The molecule has 0 spiro atoms. The highest BCUT2D eigenvalue weighted by Gasteiger charge is 2.28. The summed E-state index contributed by atoms with van der Waals surface area (Å²) in [4.78, 5) is 33.2. The van der Waals surface area contributed by atoms with E-state index in [1.807, 2.05) is 26.0 Å². The number of ketones is 2. The summed E-state index contributed by atoms with van der Waals surface area (Å²) in [5, 5.41) is 15.5. The van der Waals surface area contributed by atoms with Crippen LogP contribution in [-0.4, -0.2) is 68.3 Å². The number of carbonyl (C=O) groups excluding carboxylic acids is 2. The molecule has 2 heterocycles. The number of methoxy groups -OCH3 is 1. The molecule has 8 rings (SSSR count). The Labute approximate surface area is 413 Å². The largest absolute Gasteiger partial charge is 0.502 e. The number of imidazole rings is 2.